The van der Waals surface area contributed by atoms with Gasteiger partial charge in [-0.2, -0.15) is 0 Å². The molecule has 1 aromatic rings. The number of hydrogen-bond acceptors (Lipinski definition) is 1. The quantitative estimate of drug-likeness (QED) is 0.784. The molecule has 0 saturated heterocycles. The van der Waals surface area contributed by atoms with Gasteiger partial charge in [0, 0.05) is 5.41 Å². The highest BCUT2D eigenvalue weighted by Crippen LogP contribution is 2.58. The molecule has 0 radical (unpaired) electrons. The second-order valence-corrected chi connectivity index (χ2v) is 6.02. The fourth-order valence-corrected chi connectivity index (χ4v) is 4.41. The van der Waals surface area contributed by atoms with E-state index in [0.717, 1.165) is 0 Å². The largest absolute Gasteiger partial charge is 0.392 e. The van der Waals surface area contributed by atoms with Crippen LogP contribution in [0.1, 0.15) is 38.7 Å². The molecule has 96 valence electrons. The molecule has 1 N–H and O–H groups in total. The first-order chi connectivity index (χ1) is 8.69. The van der Waals surface area contributed by atoms with Crippen molar-refractivity contribution in [1.82, 2.24) is 0 Å². The summed E-state index contributed by atoms with van der Waals surface area (Å²) >= 11 is 0. The lowest BCUT2D eigenvalue weighted by Gasteiger charge is -2.34. The van der Waals surface area contributed by atoms with E-state index in [0.29, 0.717) is 11.8 Å². The van der Waals surface area contributed by atoms with Crippen LogP contribution in [-0.4, -0.2) is 11.7 Å². The zero-order valence-electron chi connectivity index (χ0n) is 11.3. The Labute approximate surface area is 110 Å². The van der Waals surface area contributed by atoms with Crippen molar-refractivity contribution in [3.05, 3.63) is 47.0 Å². The number of fused-ring (bicyclic) bond motifs is 1. The van der Waals surface area contributed by atoms with Crippen LogP contribution in [0.4, 0.5) is 0 Å². The monoisotopic (exact) mass is 242 g/mol. The van der Waals surface area contributed by atoms with Gasteiger partial charge >= 0.3 is 0 Å². The molecule has 3 rings (SSSR count). The van der Waals surface area contributed by atoms with E-state index in [4.69, 9.17) is 0 Å². The van der Waals surface area contributed by atoms with E-state index in [1.807, 2.05) is 0 Å². The summed E-state index contributed by atoms with van der Waals surface area (Å²) < 4.78 is 0. The van der Waals surface area contributed by atoms with Crippen molar-refractivity contribution in [3.63, 3.8) is 0 Å². The summed E-state index contributed by atoms with van der Waals surface area (Å²) in [6.45, 7) is 4.86. The second kappa shape index (κ2) is 4.24. The van der Waals surface area contributed by atoms with Crippen LogP contribution in [-0.2, 0) is 5.41 Å². The van der Waals surface area contributed by atoms with E-state index >= 15 is 0 Å². The van der Waals surface area contributed by atoms with Gasteiger partial charge in [-0.05, 0) is 42.7 Å². The van der Waals surface area contributed by atoms with Crippen LogP contribution < -0.4 is 0 Å². The molecule has 0 unspecified atom stereocenters. The number of rotatable bonds is 2. The molecule has 0 heterocycles. The van der Waals surface area contributed by atoms with Crippen LogP contribution in [0.15, 0.2) is 41.5 Å². The van der Waals surface area contributed by atoms with Crippen LogP contribution in [0.3, 0.4) is 0 Å². The predicted molar refractivity (Wildman–Crippen MR) is 74.4 cm³/mol. The Kier molecular flexibility index (Phi) is 2.82. The highest BCUT2D eigenvalue weighted by Gasteiger charge is 2.51. The Bertz CT molecular complexity index is 474. The van der Waals surface area contributed by atoms with Crippen molar-refractivity contribution >= 4 is 0 Å². The van der Waals surface area contributed by atoms with Crippen LogP contribution in [0.25, 0.3) is 0 Å². The Morgan fingerprint density at radius 2 is 1.94 bits per heavy atom. The van der Waals surface area contributed by atoms with Gasteiger partial charge in [0.05, 0.1) is 6.61 Å². The van der Waals surface area contributed by atoms with Crippen molar-refractivity contribution in [3.8, 4) is 0 Å². The van der Waals surface area contributed by atoms with Gasteiger partial charge in [0.25, 0.3) is 0 Å². The van der Waals surface area contributed by atoms with E-state index in [1.54, 1.807) is 0 Å². The third kappa shape index (κ3) is 1.43. The number of aliphatic hydroxyl groups excluding tert-OH is 1. The average Bonchev–Trinajstić information content (AvgIpc) is 2.95. The normalized spacial score (nSPS) is 35.1. The summed E-state index contributed by atoms with van der Waals surface area (Å²) in [5, 5.41) is 9.70. The minimum atomic E-state index is 0.139. The highest BCUT2D eigenvalue weighted by atomic mass is 16.3. The minimum Gasteiger partial charge on any atom is -0.392 e. The summed E-state index contributed by atoms with van der Waals surface area (Å²) in [5.41, 5.74) is 4.30. The molecule has 2 aliphatic rings. The van der Waals surface area contributed by atoms with Crippen molar-refractivity contribution in [2.24, 2.45) is 11.8 Å². The smallest absolute Gasteiger partial charge is 0.0647 e. The van der Waals surface area contributed by atoms with Crippen molar-refractivity contribution in [2.45, 2.75) is 38.5 Å². The molecule has 18 heavy (non-hydrogen) atoms. The SMILES string of the molecule is CC1=C(CO)[C@@H]2CCC[C@@H]2[C@]1(C)c1ccccc1. The van der Waals surface area contributed by atoms with Gasteiger partial charge in [0.2, 0.25) is 0 Å². The maximum Gasteiger partial charge on any atom is 0.0647 e. The molecule has 0 aromatic heterocycles. The van der Waals surface area contributed by atoms with Gasteiger partial charge in [0.1, 0.15) is 0 Å². The molecule has 1 aromatic carbocycles. The van der Waals surface area contributed by atoms with Crippen LogP contribution in [0.2, 0.25) is 0 Å². The van der Waals surface area contributed by atoms with E-state index in [-0.39, 0.29) is 12.0 Å². The first-order valence-corrected chi connectivity index (χ1v) is 7.06. The summed E-state index contributed by atoms with van der Waals surface area (Å²) in [6, 6.07) is 10.8. The molecule has 1 saturated carbocycles. The van der Waals surface area contributed by atoms with Crippen molar-refractivity contribution in [2.75, 3.05) is 6.61 Å². The summed E-state index contributed by atoms with van der Waals surface area (Å²) in [6.07, 6.45) is 3.88. The summed E-state index contributed by atoms with van der Waals surface area (Å²) in [7, 11) is 0. The van der Waals surface area contributed by atoms with Gasteiger partial charge < -0.3 is 5.11 Å². The van der Waals surface area contributed by atoms with E-state index < -0.39 is 0 Å². The molecule has 1 nitrogen and oxygen atoms in total. The van der Waals surface area contributed by atoms with Gasteiger partial charge in [-0.3, -0.25) is 0 Å². The second-order valence-electron chi connectivity index (χ2n) is 6.02. The molecule has 0 bridgehead atoms. The van der Waals surface area contributed by atoms with Crippen LogP contribution in [0.5, 0.6) is 0 Å². The van der Waals surface area contributed by atoms with E-state index in [1.165, 1.54) is 36.0 Å². The molecule has 2 aliphatic carbocycles. The summed E-state index contributed by atoms with van der Waals surface area (Å²) in [4.78, 5) is 0. The van der Waals surface area contributed by atoms with E-state index in [9.17, 15) is 5.11 Å². The standard InChI is InChI=1S/C17H22O/c1-12-15(11-18)14-9-6-10-16(14)17(12,2)13-7-4-3-5-8-13/h3-5,7-8,14,16,18H,6,9-11H2,1-2H3/t14-,16-,17-/m0/s1. The molecular weight excluding hydrogens is 220 g/mol. The lowest BCUT2D eigenvalue weighted by Crippen LogP contribution is -2.30. The van der Waals surface area contributed by atoms with Gasteiger partial charge in [0.15, 0.2) is 0 Å². The third-order valence-corrected chi connectivity index (χ3v) is 5.51. The van der Waals surface area contributed by atoms with Crippen LogP contribution in [0, 0.1) is 11.8 Å². The third-order valence-electron chi connectivity index (χ3n) is 5.51. The fraction of sp³-hybridized carbons (Fsp3) is 0.529. The molecule has 3 atom stereocenters. The Morgan fingerprint density at radius 1 is 1.22 bits per heavy atom. The van der Waals surface area contributed by atoms with E-state index in [2.05, 4.69) is 44.2 Å². The molecule has 0 spiro atoms. The van der Waals surface area contributed by atoms with Gasteiger partial charge in [-0.25, -0.2) is 0 Å². The molecule has 1 fully saturated rings. The molecule has 1 heteroatoms. The minimum absolute atomic E-state index is 0.139. The number of aliphatic hydroxyl groups is 1. The topological polar surface area (TPSA) is 20.2 Å². The maximum absolute atomic E-state index is 9.70. The molecule has 0 amide bonds. The summed E-state index contributed by atoms with van der Waals surface area (Å²) in [5.74, 6) is 1.32. The Hall–Kier alpha value is -1.08. The lowest BCUT2D eigenvalue weighted by atomic mass is 9.69. The Morgan fingerprint density at radius 3 is 2.61 bits per heavy atom. The zero-order chi connectivity index (χ0) is 12.8. The maximum atomic E-state index is 9.70. The zero-order valence-corrected chi connectivity index (χ0v) is 11.3. The number of benzene rings is 1. The number of allylic oxidation sites excluding steroid dienone is 1. The predicted octanol–water partition coefficient (Wildman–Crippen LogP) is 3.68. The average molecular weight is 242 g/mol. The Balaban J connectivity index is 2.13. The van der Waals surface area contributed by atoms with Crippen molar-refractivity contribution in [1.29, 1.82) is 0 Å². The molecule has 0 aliphatic heterocycles. The highest BCUT2D eigenvalue weighted by molar-refractivity contribution is 5.45. The lowest BCUT2D eigenvalue weighted by molar-refractivity contribution is 0.292. The van der Waals surface area contributed by atoms with Crippen LogP contribution >= 0.6 is 0 Å². The first kappa shape index (κ1) is 12.0. The molecular formula is C17H22O. The number of hydrogen-bond donors (Lipinski definition) is 1. The first-order valence-electron chi connectivity index (χ1n) is 7.06. The fourth-order valence-electron chi connectivity index (χ4n) is 4.41. The van der Waals surface area contributed by atoms with Crippen molar-refractivity contribution < 1.29 is 5.11 Å². The van der Waals surface area contributed by atoms with Gasteiger partial charge in [-0.1, -0.05) is 49.2 Å². The van der Waals surface area contributed by atoms with Gasteiger partial charge in [-0.15, -0.1) is 0 Å².